The molecule has 1 aliphatic rings. The highest BCUT2D eigenvalue weighted by Gasteiger charge is 2.28. The van der Waals surface area contributed by atoms with E-state index < -0.39 is 10.0 Å². The molecule has 1 aromatic carbocycles. The number of nitrogens with zero attached hydrogens (tertiary/aromatic N) is 2. The molecule has 2 amide bonds. The number of aliphatic hydroxyl groups excluding tert-OH is 1. The van der Waals surface area contributed by atoms with E-state index in [1.165, 1.54) is 26.2 Å². The van der Waals surface area contributed by atoms with Crippen molar-refractivity contribution in [1.82, 2.24) is 9.21 Å². The van der Waals surface area contributed by atoms with Gasteiger partial charge in [-0.2, -0.15) is 0 Å². The Morgan fingerprint density at radius 2 is 2.00 bits per heavy atom. The molecule has 7 nitrogen and oxygen atoms in total. The van der Waals surface area contributed by atoms with Crippen LogP contribution in [0.25, 0.3) is 0 Å². The van der Waals surface area contributed by atoms with Crippen LogP contribution in [-0.2, 0) is 10.0 Å². The number of sulfonamides is 1. The summed E-state index contributed by atoms with van der Waals surface area (Å²) in [7, 11) is -0.542. The highest BCUT2D eigenvalue weighted by molar-refractivity contribution is 7.89. The first-order valence-electron chi connectivity index (χ1n) is 7.07. The van der Waals surface area contributed by atoms with E-state index in [0.717, 1.165) is 17.1 Å². The van der Waals surface area contributed by atoms with Gasteiger partial charge in [-0.25, -0.2) is 17.5 Å². The van der Waals surface area contributed by atoms with Crippen molar-refractivity contribution in [3.63, 3.8) is 0 Å². The molecule has 0 saturated carbocycles. The minimum Gasteiger partial charge on any atom is -0.394 e. The van der Waals surface area contributed by atoms with Crippen molar-refractivity contribution < 1.29 is 18.3 Å². The van der Waals surface area contributed by atoms with E-state index in [1.807, 2.05) is 0 Å². The van der Waals surface area contributed by atoms with Crippen molar-refractivity contribution in [3.8, 4) is 0 Å². The third kappa shape index (κ3) is 3.40. The zero-order valence-corrected chi connectivity index (χ0v) is 13.5. The normalized spacial score (nSPS) is 18.7. The van der Waals surface area contributed by atoms with Crippen LogP contribution in [0.5, 0.6) is 0 Å². The lowest BCUT2D eigenvalue weighted by Gasteiger charge is -2.23. The molecule has 0 aliphatic carbocycles. The van der Waals surface area contributed by atoms with Crippen molar-refractivity contribution >= 4 is 21.7 Å². The van der Waals surface area contributed by atoms with Crippen molar-refractivity contribution in [2.75, 3.05) is 32.6 Å². The standard InChI is InChI=1S/C14H21N3O4S/c1-16(2)22(20,21)13-7-5-11(6-8-13)15-14(19)17-9-3-4-12(17)10-18/h5-8,12,18H,3-4,9-10H2,1-2H3,(H,15,19)/t12-/m1/s1. The monoisotopic (exact) mass is 327 g/mol. The summed E-state index contributed by atoms with van der Waals surface area (Å²) < 4.78 is 25.1. The molecule has 0 radical (unpaired) electrons. The first-order valence-corrected chi connectivity index (χ1v) is 8.51. The van der Waals surface area contributed by atoms with Gasteiger partial charge >= 0.3 is 6.03 Å². The molecule has 2 N–H and O–H groups in total. The van der Waals surface area contributed by atoms with Crippen LogP contribution in [0.1, 0.15) is 12.8 Å². The molecular formula is C14H21N3O4S. The van der Waals surface area contributed by atoms with E-state index in [1.54, 1.807) is 17.0 Å². The van der Waals surface area contributed by atoms with Gasteiger partial charge in [0.1, 0.15) is 0 Å². The maximum atomic E-state index is 12.2. The Morgan fingerprint density at radius 3 is 2.55 bits per heavy atom. The Morgan fingerprint density at radius 1 is 1.36 bits per heavy atom. The first-order chi connectivity index (χ1) is 10.4. The fourth-order valence-corrected chi connectivity index (χ4v) is 3.31. The van der Waals surface area contributed by atoms with Gasteiger partial charge < -0.3 is 15.3 Å². The first kappa shape index (κ1) is 16.7. The number of amides is 2. The number of aliphatic hydroxyl groups is 1. The van der Waals surface area contributed by atoms with E-state index in [4.69, 9.17) is 0 Å². The van der Waals surface area contributed by atoms with Gasteiger partial charge in [-0.3, -0.25) is 0 Å². The molecular weight excluding hydrogens is 306 g/mol. The van der Waals surface area contributed by atoms with E-state index in [-0.39, 0.29) is 23.6 Å². The predicted octanol–water partition coefficient (Wildman–Crippen LogP) is 0.926. The zero-order chi connectivity index (χ0) is 16.3. The molecule has 0 unspecified atom stereocenters. The molecule has 1 heterocycles. The molecule has 1 aromatic rings. The van der Waals surface area contributed by atoms with Gasteiger partial charge in [0.05, 0.1) is 17.5 Å². The molecule has 22 heavy (non-hydrogen) atoms. The van der Waals surface area contributed by atoms with Gasteiger partial charge in [0.15, 0.2) is 0 Å². The van der Waals surface area contributed by atoms with Gasteiger partial charge in [-0.15, -0.1) is 0 Å². The van der Waals surface area contributed by atoms with Crippen LogP contribution in [0.15, 0.2) is 29.2 Å². The fourth-order valence-electron chi connectivity index (χ4n) is 2.41. The molecule has 1 aliphatic heterocycles. The largest absolute Gasteiger partial charge is 0.394 e. The summed E-state index contributed by atoms with van der Waals surface area (Å²) in [5.74, 6) is 0. The number of benzene rings is 1. The second kappa shape index (κ2) is 6.64. The lowest BCUT2D eigenvalue weighted by molar-refractivity contribution is 0.166. The Kier molecular flexibility index (Phi) is 5.05. The van der Waals surface area contributed by atoms with E-state index >= 15 is 0 Å². The number of carbonyl (C=O) groups excluding carboxylic acids is 1. The summed E-state index contributed by atoms with van der Waals surface area (Å²) in [4.78, 5) is 13.9. The average molecular weight is 327 g/mol. The van der Waals surface area contributed by atoms with Crippen LogP contribution in [0.3, 0.4) is 0 Å². The molecule has 1 fully saturated rings. The van der Waals surface area contributed by atoms with Crippen LogP contribution in [0, 0.1) is 0 Å². The molecule has 8 heteroatoms. The van der Waals surface area contributed by atoms with Gasteiger partial charge in [-0.1, -0.05) is 0 Å². The van der Waals surface area contributed by atoms with E-state index in [0.29, 0.717) is 12.2 Å². The summed E-state index contributed by atoms with van der Waals surface area (Å²) in [6.07, 6.45) is 1.67. The summed E-state index contributed by atoms with van der Waals surface area (Å²) in [6.45, 7) is 0.567. The zero-order valence-electron chi connectivity index (χ0n) is 12.7. The molecule has 0 bridgehead atoms. The molecule has 2 rings (SSSR count). The number of anilines is 1. The Labute approximate surface area is 130 Å². The smallest absolute Gasteiger partial charge is 0.322 e. The second-order valence-electron chi connectivity index (χ2n) is 5.41. The Hall–Kier alpha value is -1.64. The molecule has 1 saturated heterocycles. The minimum absolute atomic E-state index is 0.0482. The third-order valence-corrected chi connectivity index (χ3v) is 5.56. The lowest BCUT2D eigenvalue weighted by Crippen LogP contribution is -2.40. The van der Waals surface area contributed by atoms with Gasteiger partial charge in [0.2, 0.25) is 10.0 Å². The summed E-state index contributed by atoms with van der Waals surface area (Å²) in [5, 5.41) is 12.0. The molecule has 0 spiro atoms. The van der Waals surface area contributed by atoms with Crippen molar-refractivity contribution in [3.05, 3.63) is 24.3 Å². The van der Waals surface area contributed by atoms with E-state index in [9.17, 15) is 18.3 Å². The topological polar surface area (TPSA) is 90.0 Å². The highest BCUT2D eigenvalue weighted by atomic mass is 32.2. The Bertz CT molecular complexity index is 628. The summed E-state index contributed by atoms with van der Waals surface area (Å²) >= 11 is 0. The number of nitrogens with one attached hydrogen (secondary N) is 1. The van der Waals surface area contributed by atoms with Crippen LogP contribution in [-0.4, -0.2) is 62.0 Å². The maximum absolute atomic E-state index is 12.2. The van der Waals surface area contributed by atoms with Crippen LogP contribution >= 0.6 is 0 Å². The van der Waals surface area contributed by atoms with Gasteiger partial charge in [-0.05, 0) is 37.1 Å². The van der Waals surface area contributed by atoms with Crippen molar-refractivity contribution in [2.45, 2.75) is 23.8 Å². The molecule has 122 valence electrons. The third-order valence-electron chi connectivity index (χ3n) is 3.73. The summed E-state index contributed by atoms with van der Waals surface area (Å²) in [5.41, 5.74) is 0.520. The maximum Gasteiger partial charge on any atom is 0.322 e. The van der Waals surface area contributed by atoms with Crippen LogP contribution < -0.4 is 5.32 Å². The number of hydrogen-bond donors (Lipinski definition) is 2. The summed E-state index contributed by atoms with van der Waals surface area (Å²) in [6, 6.07) is 5.60. The SMILES string of the molecule is CN(C)S(=O)(=O)c1ccc(NC(=O)N2CCC[C@@H]2CO)cc1. The number of likely N-dealkylation sites (tertiary alicyclic amines) is 1. The quantitative estimate of drug-likeness (QED) is 0.861. The van der Waals surface area contributed by atoms with Crippen molar-refractivity contribution in [2.24, 2.45) is 0 Å². The van der Waals surface area contributed by atoms with Gasteiger partial charge in [0.25, 0.3) is 0 Å². The highest BCUT2D eigenvalue weighted by Crippen LogP contribution is 2.20. The number of hydrogen-bond acceptors (Lipinski definition) is 4. The minimum atomic E-state index is -3.47. The fraction of sp³-hybridized carbons (Fsp3) is 0.500. The van der Waals surface area contributed by atoms with Crippen LogP contribution in [0.2, 0.25) is 0 Å². The van der Waals surface area contributed by atoms with Gasteiger partial charge in [0, 0.05) is 26.3 Å². The van der Waals surface area contributed by atoms with Crippen LogP contribution in [0.4, 0.5) is 10.5 Å². The van der Waals surface area contributed by atoms with E-state index in [2.05, 4.69) is 5.32 Å². The number of urea groups is 1. The molecule has 1 atom stereocenters. The second-order valence-corrected chi connectivity index (χ2v) is 7.57. The Balaban J connectivity index is 2.07. The average Bonchev–Trinajstić information content (AvgIpc) is 2.96. The predicted molar refractivity (Wildman–Crippen MR) is 83.1 cm³/mol. The van der Waals surface area contributed by atoms with Crippen molar-refractivity contribution in [1.29, 1.82) is 0 Å². The number of rotatable bonds is 4. The number of carbonyl (C=O) groups is 1. The lowest BCUT2D eigenvalue weighted by atomic mass is 10.2. The molecule has 0 aromatic heterocycles.